The summed E-state index contributed by atoms with van der Waals surface area (Å²) < 4.78 is 1.42. The minimum atomic E-state index is -1.06. The Balaban J connectivity index is 2.40. The van der Waals surface area contributed by atoms with Crippen LogP contribution in [0.15, 0.2) is 18.5 Å². The maximum atomic E-state index is 11.2. The first-order valence-electron chi connectivity index (χ1n) is 4.09. The van der Waals surface area contributed by atoms with Crippen LogP contribution in [0.5, 0.6) is 0 Å². The topological polar surface area (TPSA) is 84.2 Å². The average Bonchev–Trinajstić information content (AvgIpc) is 2.56. The molecule has 1 rings (SSSR count). The van der Waals surface area contributed by atoms with E-state index in [4.69, 9.17) is 5.11 Å². The summed E-state index contributed by atoms with van der Waals surface area (Å²) in [7, 11) is 0. The van der Waals surface area contributed by atoms with Gasteiger partial charge in [-0.05, 0) is 13.0 Å². The van der Waals surface area contributed by atoms with Gasteiger partial charge in [-0.1, -0.05) is 0 Å². The fourth-order valence-corrected chi connectivity index (χ4v) is 0.890. The number of amides is 1. The number of hydrogen-bond donors (Lipinski definition) is 2. The first kappa shape index (κ1) is 10.2. The molecule has 0 saturated heterocycles. The molecule has 0 aliphatic rings. The molecule has 0 aromatic carbocycles. The van der Waals surface area contributed by atoms with E-state index in [1.54, 1.807) is 18.5 Å². The molecule has 14 heavy (non-hydrogen) atoms. The van der Waals surface area contributed by atoms with Gasteiger partial charge in [-0.15, -0.1) is 0 Å². The van der Waals surface area contributed by atoms with Gasteiger partial charge in [-0.3, -0.25) is 14.3 Å². The van der Waals surface area contributed by atoms with Crippen molar-refractivity contribution in [2.24, 2.45) is 0 Å². The highest BCUT2D eigenvalue weighted by Gasteiger charge is 2.13. The molecule has 0 aliphatic heterocycles. The molecular weight excluding hydrogens is 186 g/mol. The molecule has 0 bridgehead atoms. The smallest absolute Gasteiger partial charge is 0.325 e. The molecule has 1 aromatic heterocycles. The molecule has 1 atom stereocenters. The van der Waals surface area contributed by atoms with Gasteiger partial charge < -0.3 is 10.4 Å². The zero-order chi connectivity index (χ0) is 10.6. The number of rotatable bonds is 4. The van der Waals surface area contributed by atoms with Gasteiger partial charge in [0.15, 0.2) is 0 Å². The van der Waals surface area contributed by atoms with E-state index in [1.807, 2.05) is 0 Å². The van der Waals surface area contributed by atoms with E-state index in [2.05, 4.69) is 10.4 Å². The van der Waals surface area contributed by atoms with Crippen molar-refractivity contribution in [1.82, 2.24) is 15.1 Å². The molecule has 76 valence electrons. The first-order chi connectivity index (χ1) is 6.59. The third-order valence-electron chi connectivity index (χ3n) is 1.61. The van der Waals surface area contributed by atoms with Crippen LogP contribution in [0.1, 0.15) is 6.92 Å². The summed E-state index contributed by atoms with van der Waals surface area (Å²) in [5, 5.41) is 14.7. The predicted molar refractivity (Wildman–Crippen MR) is 47.5 cm³/mol. The van der Waals surface area contributed by atoms with Crippen molar-refractivity contribution in [3.05, 3.63) is 18.5 Å². The summed E-state index contributed by atoms with van der Waals surface area (Å²) in [5.74, 6) is -1.43. The van der Waals surface area contributed by atoms with Crippen molar-refractivity contribution < 1.29 is 14.7 Å². The third kappa shape index (κ3) is 2.89. The van der Waals surface area contributed by atoms with Crippen molar-refractivity contribution in [2.75, 3.05) is 0 Å². The lowest BCUT2D eigenvalue weighted by molar-refractivity contribution is -0.141. The van der Waals surface area contributed by atoms with Crippen LogP contribution in [0.2, 0.25) is 0 Å². The van der Waals surface area contributed by atoms with E-state index in [0.29, 0.717) is 0 Å². The van der Waals surface area contributed by atoms with Crippen LogP contribution in [-0.2, 0) is 16.1 Å². The lowest BCUT2D eigenvalue weighted by atomic mass is 10.3. The lowest BCUT2D eigenvalue weighted by Crippen LogP contribution is -2.40. The van der Waals surface area contributed by atoms with Gasteiger partial charge in [0.05, 0.1) is 0 Å². The van der Waals surface area contributed by atoms with Gasteiger partial charge in [-0.25, -0.2) is 0 Å². The van der Waals surface area contributed by atoms with E-state index in [9.17, 15) is 9.59 Å². The number of aromatic nitrogens is 2. The quantitative estimate of drug-likeness (QED) is 0.679. The molecule has 0 spiro atoms. The number of hydrogen-bond acceptors (Lipinski definition) is 3. The standard InChI is InChI=1S/C8H11N3O3/c1-6(8(13)14)10-7(12)5-11-4-2-3-9-11/h2-4,6H,5H2,1H3,(H,10,12)(H,13,14)/t6-/m0/s1. The Morgan fingerprint density at radius 1 is 1.64 bits per heavy atom. The number of carbonyl (C=O) groups is 2. The largest absolute Gasteiger partial charge is 0.480 e. The van der Waals surface area contributed by atoms with E-state index in [-0.39, 0.29) is 12.5 Å². The Kier molecular flexibility index (Phi) is 3.22. The van der Waals surface area contributed by atoms with Crippen molar-refractivity contribution in [3.8, 4) is 0 Å². The monoisotopic (exact) mass is 197 g/mol. The molecule has 6 heteroatoms. The molecule has 1 aromatic rings. The number of nitrogens with zero attached hydrogens (tertiary/aromatic N) is 2. The number of carboxylic acid groups (broad SMARTS) is 1. The second-order valence-electron chi connectivity index (χ2n) is 2.83. The molecule has 2 N–H and O–H groups in total. The number of carbonyl (C=O) groups excluding carboxylic acids is 1. The van der Waals surface area contributed by atoms with Crippen molar-refractivity contribution in [2.45, 2.75) is 19.5 Å². The molecule has 6 nitrogen and oxygen atoms in total. The van der Waals surface area contributed by atoms with Gasteiger partial charge in [0.2, 0.25) is 5.91 Å². The Hall–Kier alpha value is -1.85. The predicted octanol–water partition coefficient (Wildman–Crippen LogP) is -0.528. The van der Waals surface area contributed by atoms with Gasteiger partial charge in [0, 0.05) is 12.4 Å². The maximum absolute atomic E-state index is 11.2. The molecule has 1 heterocycles. The molecule has 0 unspecified atom stereocenters. The number of aliphatic carboxylic acids is 1. The summed E-state index contributed by atoms with van der Waals surface area (Å²) in [6.45, 7) is 1.44. The highest BCUT2D eigenvalue weighted by Crippen LogP contribution is 1.86. The van der Waals surface area contributed by atoms with Crippen LogP contribution in [0.3, 0.4) is 0 Å². The highest BCUT2D eigenvalue weighted by molar-refractivity contribution is 5.82. The normalized spacial score (nSPS) is 12.1. The van der Waals surface area contributed by atoms with Crippen molar-refractivity contribution >= 4 is 11.9 Å². The third-order valence-corrected chi connectivity index (χ3v) is 1.61. The van der Waals surface area contributed by atoms with Crippen LogP contribution in [0.4, 0.5) is 0 Å². The Bertz CT molecular complexity index is 321. The lowest BCUT2D eigenvalue weighted by Gasteiger charge is -2.08. The van der Waals surface area contributed by atoms with Gasteiger partial charge in [-0.2, -0.15) is 5.10 Å². The molecule has 0 fully saturated rings. The second kappa shape index (κ2) is 4.40. The zero-order valence-corrected chi connectivity index (χ0v) is 7.67. The van der Waals surface area contributed by atoms with Crippen LogP contribution in [0, 0.1) is 0 Å². The van der Waals surface area contributed by atoms with E-state index in [0.717, 1.165) is 0 Å². The minimum absolute atomic E-state index is 0.0324. The summed E-state index contributed by atoms with van der Waals surface area (Å²) >= 11 is 0. The minimum Gasteiger partial charge on any atom is -0.480 e. The van der Waals surface area contributed by atoms with E-state index < -0.39 is 12.0 Å². The average molecular weight is 197 g/mol. The highest BCUT2D eigenvalue weighted by atomic mass is 16.4. The zero-order valence-electron chi connectivity index (χ0n) is 7.67. The SMILES string of the molecule is C[C@H](NC(=O)Cn1cccn1)C(=O)O. The molecule has 0 aliphatic carbocycles. The number of nitrogens with one attached hydrogen (secondary N) is 1. The van der Waals surface area contributed by atoms with Gasteiger partial charge in [0.25, 0.3) is 0 Å². The fourth-order valence-electron chi connectivity index (χ4n) is 0.890. The molecule has 0 radical (unpaired) electrons. The molecular formula is C8H11N3O3. The van der Waals surface area contributed by atoms with Gasteiger partial charge >= 0.3 is 5.97 Å². The van der Waals surface area contributed by atoms with E-state index >= 15 is 0 Å². The molecule has 0 saturated carbocycles. The van der Waals surface area contributed by atoms with E-state index in [1.165, 1.54) is 11.6 Å². The summed E-state index contributed by atoms with van der Waals surface area (Å²) in [5.41, 5.74) is 0. The Labute approximate surface area is 80.5 Å². The summed E-state index contributed by atoms with van der Waals surface area (Å²) in [4.78, 5) is 21.6. The van der Waals surface area contributed by atoms with Crippen LogP contribution in [-0.4, -0.2) is 32.8 Å². The van der Waals surface area contributed by atoms with Crippen LogP contribution >= 0.6 is 0 Å². The summed E-state index contributed by atoms with van der Waals surface area (Å²) in [6.07, 6.45) is 3.18. The second-order valence-corrected chi connectivity index (χ2v) is 2.83. The fraction of sp³-hybridized carbons (Fsp3) is 0.375. The Morgan fingerprint density at radius 2 is 2.36 bits per heavy atom. The molecule has 1 amide bonds. The van der Waals surface area contributed by atoms with Gasteiger partial charge in [0.1, 0.15) is 12.6 Å². The summed E-state index contributed by atoms with van der Waals surface area (Å²) in [6, 6.07) is 0.812. The van der Waals surface area contributed by atoms with Crippen LogP contribution in [0.25, 0.3) is 0 Å². The maximum Gasteiger partial charge on any atom is 0.325 e. The Morgan fingerprint density at radius 3 is 2.86 bits per heavy atom. The van der Waals surface area contributed by atoms with Crippen molar-refractivity contribution in [3.63, 3.8) is 0 Å². The first-order valence-corrected chi connectivity index (χ1v) is 4.09. The number of carboxylic acids is 1. The van der Waals surface area contributed by atoms with Crippen molar-refractivity contribution in [1.29, 1.82) is 0 Å². The van der Waals surface area contributed by atoms with Crippen LogP contribution < -0.4 is 5.32 Å².